The second-order valence-electron chi connectivity index (χ2n) is 7.68. The van der Waals surface area contributed by atoms with Crippen LogP contribution in [0.1, 0.15) is 25.7 Å². The van der Waals surface area contributed by atoms with Crippen LogP contribution in [0.4, 0.5) is 5.82 Å². The third-order valence-electron chi connectivity index (χ3n) is 5.94. The minimum absolute atomic E-state index is 0.0234. The number of hydrogen-bond donors (Lipinski definition) is 1. The molecule has 2 fully saturated rings. The van der Waals surface area contributed by atoms with Crippen molar-refractivity contribution in [1.82, 2.24) is 19.3 Å². The number of aromatic nitrogens is 3. The molecule has 2 aromatic rings. The molecule has 1 saturated carbocycles. The highest BCUT2D eigenvalue weighted by Crippen LogP contribution is 2.36. The van der Waals surface area contributed by atoms with Crippen LogP contribution in [0.5, 0.6) is 0 Å². The highest BCUT2D eigenvalue weighted by Gasteiger charge is 2.38. The lowest BCUT2D eigenvalue weighted by Crippen LogP contribution is -2.49. The third kappa shape index (κ3) is 3.68. The van der Waals surface area contributed by atoms with E-state index in [2.05, 4.69) is 19.9 Å². The summed E-state index contributed by atoms with van der Waals surface area (Å²) < 4.78 is 32.5. The number of nitrogens with one attached hydrogen (secondary N) is 1. The summed E-state index contributed by atoms with van der Waals surface area (Å²) in [5.74, 6) is 1.33. The van der Waals surface area contributed by atoms with Crippen molar-refractivity contribution in [2.24, 2.45) is 5.92 Å². The van der Waals surface area contributed by atoms with Crippen LogP contribution in [0.2, 0.25) is 0 Å². The molecule has 3 heterocycles. The Hall–Kier alpha value is -1.71. The van der Waals surface area contributed by atoms with Gasteiger partial charge in [-0.1, -0.05) is 0 Å². The van der Waals surface area contributed by atoms with Gasteiger partial charge in [0, 0.05) is 39.5 Å². The summed E-state index contributed by atoms with van der Waals surface area (Å²) in [6.45, 7) is 1.10. The Bertz CT molecular complexity index is 893. The lowest BCUT2D eigenvalue weighted by molar-refractivity contribution is 0.0569. The molecule has 2 aliphatic rings. The van der Waals surface area contributed by atoms with E-state index in [4.69, 9.17) is 4.74 Å². The Kier molecular flexibility index (Phi) is 5.09. The second kappa shape index (κ2) is 7.37. The number of piperidine rings is 1. The molecule has 0 aromatic carbocycles. The maximum absolute atomic E-state index is 12.8. The van der Waals surface area contributed by atoms with Gasteiger partial charge in [0.2, 0.25) is 10.0 Å². The van der Waals surface area contributed by atoms with Gasteiger partial charge < -0.3 is 14.6 Å². The topological polar surface area (TPSA) is 91.4 Å². The Morgan fingerprint density at radius 3 is 2.96 bits per heavy atom. The molecule has 1 aliphatic heterocycles. The van der Waals surface area contributed by atoms with Crippen LogP contribution in [0, 0.1) is 5.92 Å². The third-order valence-corrected chi connectivity index (χ3v) is 7.95. The highest BCUT2D eigenvalue weighted by molar-refractivity contribution is 7.89. The van der Waals surface area contributed by atoms with Gasteiger partial charge in [-0.05, 0) is 37.7 Å². The van der Waals surface area contributed by atoms with Crippen LogP contribution in [0.3, 0.4) is 0 Å². The number of nitrogens with zero attached hydrogens (tertiary/aromatic N) is 4. The first-order valence-corrected chi connectivity index (χ1v) is 11.1. The molecular weight excluding hydrogens is 366 g/mol. The van der Waals surface area contributed by atoms with E-state index in [1.54, 1.807) is 17.7 Å². The first-order chi connectivity index (χ1) is 13.0. The summed E-state index contributed by atoms with van der Waals surface area (Å²) in [6.07, 6.45) is 6.99. The molecule has 27 heavy (non-hydrogen) atoms. The molecule has 0 bridgehead atoms. The second-order valence-corrected chi connectivity index (χ2v) is 9.69. The molecule has 0 amide bonds. The van der Waals surface area contributed by atoms with Crippen LogP contribution in [-0.4, -0.2) is 72.8 Å². The smallest absolute Gasteiger partial charge is 0.214 e. The maximum Gasteiger partial charge on any atom is 0.214 e. The molecule has 4 rings (SSSR count). The molecule has 9 heteroatoms. The van der Waals surface area contributed by atoms with Crippen molar-refractivity contribution in [3.05, 3.63) is 18.6 Å². The molecule has 0 spiro atoms. The molecule has 1 atom stereocenters. The summed E-state index contributed by atoms with van der Waals surface area (Å²) >= 11 is 0. The van der Waals surface area contributed by atoms with Crippen LogP contribution in [0.25, 0.3) is 11.0 Å². The van der Waals surface area contributed by atoms with Crippen molar-refractivity contribution in [2.45, 2.75) is 37.8 Å². The van der Waals surface area contributed by atoms with Crippen molar-refractivity contribution in [3.63, 3.8) is 0 Å². The van der Waals surface area contributed by atoms with E-state index in [1.165, 1.54) is 0 Å². The lowest BCUT2D eigenvalue weighted by atomic mass is 9.81. The average Bonchev–Trinajstić information content (AvgIpc) is 3.12. The van der Waals surface area contributed by atoms with E-state index < -0.39 is 10.0 Å². The van der Waals surface area contributed by atoms with Crippen molar-refractivity contribution >= 4 is 26.9 Å². The fourth-order valence-corrected chi connectivity index (χ4v) is 6.10. The predicted octanol–water partition coefficient (Wildman–Crippen LogP) is 1.61. The molecule has 148 valence electrons. The zero-order chi connectivity index (χ0) is 19.0. The minimum atomic E-state index is -3.22. The molecular formula is C18H27N5O3S. The van der Waals surface area contributed by atoms with E-state index in [1.807, 2.05) is 19.3 Å². The predicted molar refractivity (Wildman–Crippen MR) is 104 cm³/mol. The zero-order valence-corrected chi connectivity index (χ0v) is 16.7. The van der Waals surface area contributed by atoms with E-state index in [9.17, 15) is 8.42 Å². The number of rotatable bonds is 6. The molecule has 0 radical (unpaired) electrons. The number of H-pyrrole nitrogens is 1. The minimum Gasteiger partial charge on any atom is -0.380 e. The molecule has 1 saturated heterocycles. The highest BCUT2D eigenvalue weighted by atomic mass is 32.2. The van der Waals surface area contributed by atoms with E-state index in [-0.39, 0.29) is 17.8 Å². The van der Waals surface area contributed by atoms with Crippen molar-refractivity contribution < 1.29 is 13.2 Å². The quantitative estimate of drug-likeness (QED) is 0.802. The normalized spacial score (nSPS) is 26.8. The Balaban J connectivity index is 1.36. The van der Waals surface area contributed by atoms with E-state index >= 15 is 0 Å². The number of hydrogen-bond acceptors (Lipinski definition) is 6. The average molecular weight is 394 g/mol. The van der Waals surface area contributed by atoms with Crippen molar-refractivity contribution in [3.8, 4) is 0 Å². The van der Waals surface area contributed by atoms with Crippen LogP contribution >= 0.6 is 0 Å². The van der Waals surface area contributed by atoms with Crippen molar-refractivity contribution in [1.29, 1.82) is 0 Å². The largest absolute Gasteiger partial charge is 0.380 e. The zero-order valence-electron chi connectivity index (χ0n) is 15.8. The summed E-state index contributed by atoms with van der Waals surface area (Å²) in [7, 11) is 0.459. The first-order valence-electron chi connectivity index (χ1n) is 9.49. The molecule has 2 aromatic heterocycles. The molecule has 1 N–H and O–H groups in total. The van der Waals surface area contributed by atoms with Gasteiger partial charge in [-0.3, -0.25) is 0 Å². The SMILES string of the molecule is COC1CCCN(S(=O)(=O)C[C@H]2C[C@@H](N(C)c3ncnc4[nH]ccc34)C2)C1. The molecule has 8 nitrogen and oxygen atoms in total. The van der Waals surface area contributed by atoms with Gasteiger partial charge in [-0.15, -0.1) is 0 Å². The van der Waals surface area contributed by atoms with Gasteiger partial charge in [-0.25, -0.2) is 18.4 Å². The fourth-order valence-electron chi connectivity index (χ4n) is 4.22. The van der Waals surface area contributed by atoms with Crippen LogP contribution in [0.15, 0.2) is 18.6 Å². The van der Waals surface area contributed by atoms with Crippen LogP contribution in [-0.2, 0) is 14.8 Å². The number of anilines is 1. The standard InChI is InChI=1S/C18H27N5O3S/c1-22(18-16-5-6-19-17(16)20-12-21-18)14-8-13(9-14)11-27(24,25)23-7-3-4-15(10-23)26-2/h5-6,12-15H,3-4,7-11H2,1-2H3,(H,19,20,21)/t13-,14+,15?. The Morgan fingerprint density at radius 2 is 2.19 bits per heavy atom. The monoisotopic (exact) mass is 393 g/mol. The van der Waals surface area contributed by atoms with E-state index in [0.29, 0.717) is 19.1 Å². The lowest BCUT2D eigenvalue weighted by Gasteiger charge is -2.42. The van der Waals surface area contributed by atoms with Crippen molar-refractivity contribution in [2.75, 3.05) is 37.9 Å². The fraction of sp³-hybridized carbons (Fsp3) is 0.667. The van der Waals surface area contributed by atoms with Gasteiger partial charge in [0.25, 0.3) is 0 Å². The first kappa shape index (κ1) is 18.6. The molecule has 1 aliphatic carbocycles. The van der Waals surface area contributed by atoms with Gasteiger partial charge in [0.05, 0.1) is 17.2 Å². The Labute approximate surface area is 160 Å². The van der Waals surface area contributed by atoms with Crippen LogP contribution < -0.4 is 4.90 Å². The molecule has 1 unspecified atom stereocenters. The number of methoxy groups -OCH3 is 1. The Morgan fingerprint density at radius 1 is 1.37 bits per heavy atom. The summed E-state index contributed by atoms with van der Waals surface area (Å²) in [4.78, 5) is 13.9. The van der Waals surface area contributed by atoms with E-state index in [0.717, 1.165) is 42.5 Å². The summed E-state index contributed by atoms with van der Waals surface area (Å²) in [5, 5.41) is 0.995. The summed E-state index contributed by atoms with van der Waals surface area (Å²) in [5.41, 5.74) is 0.822. The number of sulfonamides is 1. The van der Waals surface area contributed by atoms with Gasteiger partial charge >= 0.3 is 0 Å². The number of ether oxygens (including phenoxy) is 1. The maximum atomic E-state index is 12.8. The van der Waals surface area contributed by atoms with Gasteiger partial charge in [0.1, 0.15) is 17.8 Å². The summed E-state index contributed by atoms with van der Waals surface area (Å²) in [6, 6.07) is 2.29. The van der Waals surface area contributed by atoms with Gasteiger partial charge in [0.15, 0.2) is 0 Å². The number of fused-ring (bicyclic) bond motifs is 1. The number of aromatic amines is 1. The van der Waals surface area contributed by atoms with Gasteiger partial charge in [-0.2, -0.15) is 4.31 Å².